The summed E-state index contributed by atoms with van der Waals surface area (Å²) in [6.07, 6.45) is 0.935. The monoisotopic (exact) mass is 272 g/mol. The highest BCUT2D eigenvalue weighted by Crippen LogP contribution is 2.14. The van der Waals surface area contributed by atoms with Crippen LogP contribution in [-0.4, -0.2) is 5.91 Å². The SMILES string of the molecule is Cc1ccc(NC(=O)CCc2cccc(N)c2)cc1F. The van der Waals surface area contributed by atoms with Gasteiger partial charge in [-0.2, -0.15) is 0 Å². The van der Waals surface area contributed by atoms with Crippen LogP contribution in [0.25, 0.3) is 0 Å². The Morgan fingerprint density at radius 2 is 2.05 bits per heavy atom. The van der Waals surface area contributed by atoms with Crippen molar-refractivity contribution in [1.29, 1.82) is 0 Å². The molecule has 0 radical (unpaired) electrons. The molecule has 0 heterocycles. The van der Waals surface area contributed by atoms with Gasteiger partial charge in [0, 0.05) is 17.8 Å². The molecule has 0 aliphatic rings. The number of anilines is 2. The normalized spacial score (nSPS) is 10.3. The maximum atomic E-state index is 13.4. The summed E-state index contributed by atoms with van der Waals surface area (Å²) in [7, 11) is 0. The van der Waals surface area contributed by atoms with Crippen molar-refractivity contribution in [1.82, 2.24) is 0 Å². The van der Waals surface area contributed by atoms with Gasteiger partial charge in [0.1, 0.15) is 5.82 Å². The molecule has 20 heavy (non-hydrogen) atoms. The molecule has 1 amide bonds. The van der Waals surface area contributed by atoms with Crippen LogP contribution in [-0.2, 0) is 11.2 Å². The van der Waals surface area contributed by atoms with Gasteiger partial charge in [0.15, 0.2) is 0 Å². The lowest BCUT2D eigenvalue weighted by Crippen LogP contribution is -2.12. The number of nitrogens with two attached hydrogens (primary N) is 1. The van der Waals surface area contributed by atoms with Crippen molar-refractivity contribution < 1.29 is 9.18 Å². The van der Waals surface area contributed by atoms with Gasteiger partial charge in [0.25, 0.3) is 0 Å². The number of aryl methyl sites for hydroxylation is 2. The molecule has 0 aromatic heterocycles. The van der Waals surface area contributed by atoms with Crippen molar-refractivity contribution in [3.05, 3.63) is 59.4 Å². The Labute approximate surface area is 117 Å². The summed E-state index contributed by atoms with van der Waals surface area (Å²) < 4.78 is 13.4. The molecule has 104 valence electrons. The number of carbonyl (C=O) groups is 1. The van der Waals surface area contributed by atoms with Crippen LogP contribution in [0.5, 0.6) is 0 Å². The first kappa shape index (κ1) is 14.1. The Hall–Kier alpha value is -2.36. The van der Waals surface area contributed by atoms with E-state index in [0.29, 0.717) is 29.8 Å². The third-order valence-electron chi connectivity index (χ3n) is 3.05. The third kappa shape index (κ3) is 3.82. The second kappa shape index (κ2) is 6.19. The molecule has 0 saturated carbocycles. The molecule has 0 spiro atoms. The molecule has 0 fully saturated rings. The Bertz CT molecular complexity index is 626. The van der Waals surface area contributed by atoms with E-state index in [2.05, 4.69) is 5.32 Å². The highest BCUT2D eigenvalue weighted by Gasteiger charge is 2.05. The predicted molar refractivity (Wildman–Crippen MR) is 78.9 cm³/mol. The Kier molecular flexibility index (Phi) is 4.35. The molecular weight excluding hydrogens is 255 g/mol. The standard InChI is InChI=1S/C16H17FN2O/c1-11-5-7-14(10-15(11)17)19-16(20)8-6-12-3-2-4-13(18)9-12/h2-5,7,9-10H,6,8,18H2,1H3,(H,19,20). The first-order chi connectivity index (χ1) is 9.54. The van der Waals surface area contributed by atoms with Gasteiger partial charge in [0.2, 0.25) is 5.91 Å². The van der Waals surface area contributed by atoms with E-state index < -0.39 is 0 Å². The van der Waals surface area contributed by atoms with Crippen molar-refractivity contribution in [3.8, 4) is 0 Å². The number of amides is 1. The van der Waals surface area contributed by atoms with Gasteiger partial charge >= 0.3 is 0 Å². The zero-order valence-corrected chi connectivity index (χ0v) is 11.3. The fraction of sp³-hybridized carbons (Fsp3) is 0.188. The molecule has 0 aliphatic carbocycles. The minimum Gasteiger partial charge on any atom is -0.399 e. The van der Waals surface area contributed by atoms with Crippen LogP contribution in [0.3, 0.4) is 0 Å². The van der Waals surface area contributed by atoms with Crippen LogP contribution in [0.15, 0.2) is 42.5 Å². The molecule has 2 aromatic carbocycles. The van der Waals surface area contributed by atoms with Gasteiger partial charge in [-0.15, -0.1) is 0 Å². The van der Waals surface area contributed by atoms with E-state index in [1.54, 1.807) is 25.1 Å². The first-order valence-electron chi connectivity index (χ1n) is 6.45. The minimum absolute atomic E-state index is 0.143. The smallest absolute Gasteiger partial charge is 0.224 e. The van der Waals surface area contributed by atoms with Crippen molar-refractivity contribution in [3.63, 3.8) is 0 Å². The van der Waals surface area contributed by atoms with Gasteiger partial charge in [-0.05, 0) is 48.7 Å². The zero-order valence-electron chi connectivity index (χ0n) is 11.3. The molecule has 3 N–H and O–H groups in total. The second-order valence-electron chi connectivity index (χ2n) is 4.76. The van der Waals surface area contributed by atoms with E-state index in [0.717, 1.165) is 5.56 Å². The number of hydrogen-bond acceptors (Lipinski definition) is 2. The quantitative estimate of drug-likeness (QED) is 0.839. The van der Waals surface area contributed by atoms with Crippen LogP contribution >= 0.6 is 0 Å². The predicted octanol–water partition coefficient (Wildman–Crippen LogP) is 3.29. The minimum atomic E-state index is -0.321. The van der Waals surface area contributed by atoms with Crippen molar-refractivity contribution in [2.45, 2.75) is 19.8 Å². The van der Waals surface area contributed by atoms with E-state index in [1.165, 1.54) is 6.07 Å². The van der Waals surface area contributed by atoms with Gasteiger partial charge in [-0.1, -0.05) is 18.2 Å². The summed E-state index contributed by atoms with van der Waals surface area (Å²) >= 11 is 0. The molecule has 2 aromatic rings. The first-order valence-corrected chi connectivity index (χ1v) is 6.45. The molecule has 4 heteroatoms. The molecule has 0 saturated heterocycles. The molecular formula is C16H17FN2O. The molecule has 0 bridgehead atoms. The lowest BCUT2D eigenvalue weighted by atomic mass is 10.1. The molecule has 0 atom stereocenters. The third-order valence-corrected chi connectivity index (χ3v) is 3.05. The number of nitrogen functional groups attached to an aromatic ring is 1. The Morgan fingerprint density at radius 3 is 2.75 bits per heavy atom. The van der Waals surface area contributed by atoms with E-state index in [4.69, 9.17) is 5.73 Å². The number of rotatable bonds is 4. The maximum absolute atomic E-state index is 13.4. The van der Waals surface area contributed by atoms with Crippen LogP contribution in [0.2, 0.25) is 0 Å². The van der Waals surface area contributed by atoms with Gasteiger partial charge in [-0.3, -0.25) is 4.79 Å². The van der Waals surface area contributed by atoms with Crippen LogP contribution in [0, 0.1) is 12.7 Å². The fourth-order valence-corrected chi connectivity index (χ4v) is 1.90. The van der Waals surface area contributed by atoms with Crippen molar-refractivity contribution >= 4 is 17.3 Å². The van der Waals surface area contributed by atoms with Gasteiger partial charge in [0.05, 0.1) is 0 Å². The van der Waals surface area contributed by atoms with E-state index in [9.17, 15) is 9.18 Å². The van der Waals surface area contributed by atoms with E-state index in [1.807, 2.05) is 18.2 Å². The highest BCUT2D eigenvalue weighted by molar-refractivity contribution is 5.90. The molecule has 0 unspecified atom stereocenters. The lowest BCUT2D eigenvalue weighted by molar-refractivity contribution is -0.116. The second-order valence-corrected chi connectivity index (χ2v) is 4.76. The highest BCUT2D eigenvalue weighted by atomic mass is 19.1. The summed E-state index contributed by atoms with van der Waals surface area (Å²) in [6, 6.07) is 12.1. The maximum Gasteiger partial charge on any atom is 0.224 e. The van der Waals surface area contributed by atoms with Crippen LogP contribution in [0.4, 0.5) is 15.8 Å². The topological polar surface area (TPSA) is 55.1 Å². The number of halogens is 1. The van der Waals surface area contributed by atoms with E-state index >= 15 is 0 Å². The van der Waals surface area contributed by atoms with Crippen molar-refractivity contribution in [2.24, 2.45) is 0 Å². The largest absolute Gasteiger partial charge is 0.399 e. The Balaban J connectivity index is 1.91. The molecule has 2 rings (SSSR count). The lowest BCUT2D eigenvalue weighted by Gasteiger charge is -2.07. The summed E-state index contributed by atoms with van der Waals surface area (Å²) in [5.74, 6) is -0.464. The van der Waals surface area contributed by atoms with Crippen molar-refractivity contribution in [2.75, 3.05) is 11.1 Å². The number of nitrogens with one attached hydrogen (secondary N) is 1. The molecule has 0 aliphatic heterocycles. The van der Waals surface area contributed by atoms with Gasteiger partial charge in [-0.25, -0.2) is 4.39 Å². The zero-order chi connectivity index (χ0) is 14.5. The molecule has 3 nitrogen and oxygen atoms in total. The summed E-state index contributed by atoms with van der Waals surface area (Å²) in [4.78, 5) is 11.8. The fourth-order valence-electron chi connectivity index (χ4n) is 1.90. The summed E-state index contributed by atoms with van der Waals surface area (Å²) in [5, 5.41) is 2.68. The summed E-state index contributed by atoms with van der Waals surface area (Å²) in [6.45, 7) is 1.68. The van der Waals surface area contributed by atoms with Crippen LogP contribution in [0.1, 0.15) is 17.5 Å². The Morgan fingerprint density at radius 1 is 1.25 bits per heavy atom. The van der Waals surface area contributed by atoms with E-state index in [-0.39, 0.29) is 11.7 Å². The van der Waals surface area contributed by atoms with Gasteiger partial charge < -0.3 is 11.1 Å². The average molecular weight is 272 g/mol. The summed E-state index contributed by atoms with van der Waals surface area (Å²) in [5.41, 5.74) is 8.41. The number of carbonyl (C=O) groups excluding carboxylic acids is 1. The number of benzene rings is 2. The van der Waals surface area contributed by atoms with Crippen LogP contribution < -0.4 is 11.1 Å². The average Bonchev–Trinajstić information content (AvgIpc) is 2.41. The number of hydrogen-bond donors (Lipinski definition) is 2.